The molecular weight excluding hydrogens is 372 g/mol. The van der Waals surface area contributed by atoms with Crippen LogP contribution < -0.4 is 10.6 Å². The van der Waals surface area contributed by atoms with E-state index in [1.807, 2.05) is 30.3 Å². The number of benzene rings is 2. The van der Waals surface area contributed by atoms with Crippen LogP contribution in [0, 0.1) is 0 Å². The number of urea groups is 1. The van der Waals surface area contributed by atoms with E-state index in [-0.39, 0.29) is 5.69 Å². The van der Waals surface area contributed by atoms with Gasteiger partial charge in [0.05, 0.1) is 5.69 Å². The number of amides is 3. The molecule has 29 heavy (non-hydrogen) atoms. The van der Waals surface area contributed by atoms with Gasteiger partial charge in [-0.15, -0.1) is 0 Å². The van der Waals surface area contributed by atoms with E-state index in [0.717, 1.165) is 5.56 Å². The van der Waals surface area contributed by atoms with Gasteiger partial charge in [0.2, 0.25) is 6.10 Å². The van der Waals surface area contributed by atoms with E-state index >= 15 is 0 Å². The summed E-state index contributed by atoms with van der Waals surface area (Å²) in [4.78, 5) is 36.9. The van der Waals surface area contributed by atoms with Crippen molar-refractivity contribution in [2.75, 3.05) is 6.54 Å². The SMILES string of the molecule is CCNC(=O)NC(=O)[C@H](OC(=O)c1cc(-c2ccccc2)n[nH]1)c1ccccc1. The van der Waals surface area contributed by atoms with Gasteiger partial charge < -0.3 is 10.1 Å². The highest BCUT2D eigenvalue weighted by Gasteiger charge is 2.27. The number of imide groups is 1. The van der Waals surface area contributed by atoms with Crippen molar-refractivity contribution in [3.63, 3.8) is 0 Å². The van der Waals surface area contributed by atoms with Crippen LogP contribution in [-0.4, -0.2) is 34.6 Å². The molecular formula is C21H20N4O4. The second-order valence-electron chi connectivity index (χ2n) is 6.08. The van der Waals surface area contributed by atoms with E-state index in [0.29, 0.717) is 17.8 Å². The number of hydrogen-bond donors (Lipinski definition) is 3. The summed E-state index contributed by atoms with van der Waals surface area (Å²) < 4.78 is 5.41. The lowest BCUT2D eigenvalue weighted by Gasteiger charge is -2.17. The summed E-state index contributed by atoms with van der Waals surface area (Å²) >= 11 is 0. The normalized spacial score (nSPS) is 11.3. The van der Waals surface area contributed by atoms with Gasteiger partial charge in [-0.3, -0.25) is 15.2 Å². The Bertz CT molecular complexity index is 986. The van der Waals surface area contributed by atoms with Gasteiger partial charge in [-0.25, -0.2) is 9.59 Å². The predicted molar refractivity (Wildman–Crippen MR) is 106 cm³/mol. The summed E-state index contributed by atoms with van der Waals surface area (Å²) in [6.07, 6.45) is -1.30. The third-order valence-electron chi connectivity index (χ3n) is 4.01. The molecule has 0 aliphatic rings. The number of esters is 1. The molecule has 2 aromatic carbocycles. The molecule has 0 bridgehead atoms. The number of ether oxygens (including phenoxy) is 1. The number of carbonyl (C=O) groups is 3. The van der Waals surface area contributed by atoms with Crippen LogP contribution in [0.4, 0.5) is 4.79 Å². The Morgan fingerprint density at radius 2 is 1.69 bits per heavy atom. The number of rotatable bonds is 6. The van der Waals surface area contributed by atoms with Crippen LogP contribution in [0.1, 0.15) is 29.1 Å². The smallest absolute Gasteiger partial charge is 0.357 e. The molecule has 0 fully saturated rings. The van der Waals surface area contributed by atoms with Crippen molar-refractivity contribution >= 4 is 17.9 Å². The minimum atomic E-state index is -1.30. The third-order valence-corrected chi connectivity index (χ3v) is 4.01. The largest absolute Gasteiger partial charge is 0.443 e. The van der Waals surface area contributed by atoms with Gasteiger partial charge in [-0.1, -0.05) is 60.7 Å². The molecule has 1 atom stereocenters. The van der Waals surface area contributed by atoms with E-state index in [1.165, 1.54) is 0 Å². The van der Waals surface area contributed by atoms with Crippen LogP contribution in [-0.2, 0) is 9.53 Å². The fourth-order valence-electron chi connectivity index (χ4n) is 2.64. The fraction of sp³-hybridized carbons (Fsp3) is 0.143. The van der Waals surface area contributed by atoms with Crippen LogP contribution in [0.15, 0.2) is 66.7 Å². The first-order chi connectivity index (χ1) is 14.1. The maximum Gasteiger partial charge on any atom is 0.357 e. The predicted octanol–water partition coefficient (Wildman–Crippen LogP) is 2.82. The van der Waals surface area contributed by atoms with Gasteiger partial charge in [0.15, 0.2) is 0 Å². The molecule has 3 amide bonds. The lowest BCUT2D eigenvalue weighted by molar-refractivity contribution is -0.129. The summed E-state index contributed by atoms with van der Waals surface area (Å²) in [5.41, 5.74) is 1.93. The molecule has 0 unspecified atom stereocenters. The third kappa shape index (κ3) is 5.07. The Hall–Kier alpha value is -3.94. The first-order valence-corrected chi connectivity index (χ1v) is 9.04. The molecule has 0 radical (unpaired) electrons. The summed E-state index contributed by atoms with van der Waals surface area (Å²) in [5.74, 6) is -1.52. The van der Waals surface area contributed by atoms with Crippen molar-refractivity contribution < 1.29 is 19.1 Å². The van der Waals surface area contributed by atoms with Gasteiger partial charge >= 0.3 is 12.0 Å². The summed E-state index contributed by atoms with van der Waals surface area (Å²) in [6.45, 7) is 2.08. The molecule has 0 saturated carbocycles. The first kappa shape index (κ1) is 19.8. The van der Waals surface area contributed by atoms with Gasteiger partial charge in [-0.2, -0.15) is 5.10 Å². The zero-order chi connectivity index (χ0) is 20.6. The van der Waals surface area contributed by atoms with E-state index in [1.54, 1.807) is 43.3 Å². The van der Waals surface area contributed by atoms with E-state index in [2.05, 4.69) is 20.8 Å². The zero-order valence-electron chi connectivity index (χ0n) is 15.7. The number of aromatic nitrogens is 2. The Morgan fingerprint density at radius 1 is 1.03 bits per heavy atom. The van der Waals surface area contributed by atoms with E-state index < -0.39 is 24.0 Å². The van der Waals surface area contributed by atoms with Crippen molar-refractivity contribution in [2.45, 2.75) is 13.0 Å². The number of hydrogen-bond acceptors (Lipinski definition) is 5. The van der Waals surface area contributed by atoms with Gasteiger partial charge in [0.1, 0.15) is 5.69 Å². The molecule has 0 saturated heterocycles. The Morgan fingerprint density at radius 3 is 2.34 bits per heavy atom. The van der Waals surface area contributed by atoms with Gasteiger partial charge in [-0.05, 0) is 13.0 Å². The fourth-order valence-corrected chi connectivity index (χ4v) is 2.64. The molecule has 8 heteroatoms. The molecule has 3 aromatic rings. The second kappa shape index (κ2) is 9.32. The minimum absolute atomic E-state index is 0.0931. The number of nitrogens with zero attached hydrogens (tertiary/aromatic N) is 1. The monoisotopic (exact) mass is 392 g/mol. The van der Waals surface area contributed by atoms with Crippen molar-refractivity contribution in [1.29, 1.82) is 0 Å². The average molecular weight is 392 g/mol. The molecule has 8 nitrogen and oxygen atoms in total. The van der Waals surface area contributed by atoms with Crippen LogP contribution in [0.25, 0.3) is 11.3 Å². The molecule has 3 rings (SSSR count). The molecule has 0 spiro atoms. The number of H-pyrrole nitrogens is 1. The van der Waals surface area contributed by atoms with E-state index in [9.17, 15) is 14.4 Å². The highest BCUT2D eigenvalue weighted by atomic mass is 16.5. The van der Waals surface area contributed by atoms with Crippen LogP contribution in [0.2, 0.25) is 0 Å². The lowest BCUT2D eigenvalue weighted by Crippen LogP contribution is -2.42. The van der Waals surface area contributed by atoms with Crippen molar-refractivity contribution in [3.8, 4) is 11.3 Å². The summed E-state index contributed by atoms with van der Waals surface area (Å²) in [7, 11) is 0. The number of carbonyl (C=O) groups excluding carboxylic acids is 3. The molecule has 1 aromatic heterocycles. The average Bonchev–Trinajstić information content (AvgIpc) is 3.23. The number of aromatic amines is 1. The second-order valence-corrected chi connectivity index (χ2v) is 6.08. The number of nitrogens with one attached hydrogen (secondary N) is 3. The van der Waals surface area contributed by atoms with Crippen molar-refractivity contribution in [1.82, 2.24) is 20.8 Å². The molecule has 1 heterocycles. The molecule has 0 aliphatic heterocycles. The molecule has 0 aliphatic carbocycles. The van der Waals surface area contributed by atoms with Crippen LogP contribution in [0.3, 0.4) is 0 Å². The maximum atomic E-state index is 12.6. The Labute approximate surface area is 167 Å². The minimum Gasteiger partial charge on any atom is -0.443 e. The Kier molecular flexibility index (Phi) is 6.36. The first-order valence-electron chi connectivity index (χ1n) is 9.04. The van der Waals surface area contributed by atoms with Crippen LogP contribution >= 0.6 is 0 Å². The quantitative estimate of drug-likeness (QED) is 0.558. The Balaban J connectivity index is 1.79. The topological polar surface area (TPSA) is 113 Å². The summed E-state index contributed by atoms with van der Waals surface area (Å²) in [6, 6.07) is 18.7. The standard InChI is InChI=1S/C21H20N4O4/c1-2-22-21(28)23-19(26)18(15-11-7-4-8-12-15)29-20(27)17-13-16(24-25-17)14-9-5-3-6-10-14/h3-13,18H,2H2,1H3,(H,24,25)(H2,22,23,26,28)/t18-/m1/s1. The molecule has 148 valence electrons. The zero-order valence-corrected chi connectivity index (χ0v) is 15.7. The maximum absolute atomic E-state index is 12.6. The van der Waals surface area contributed by atoms with Crippen LogP contribution in [0.5, 0.6) is 0 Å². The van der Waals surface area contributed by atoms with E-state index in [4.69, 9.17) is 4.74 Å². The van der Waals surface area contributed by atoms with Crippen molar-refractivity contribution in [2.24, 2.45) is 0 Å². The highest BCUT2D eigenvalue weighted by molar-refractivity contribution is 5.99. The van der Waals surface area contributed by atoms with Gasteiger partial charge in [0, 0.05) is 17.7 Å². The highest BCUT2D eigenvalue weighted by Crippen LogP contribution is 2.21. The molecule has 3 N–H and O–H groups in total. The summed E-state index contributed by atoms with van der Waals surface area (Å²) in [5, 5.41) is 11.4. The lowest BCUT2D eigenvalue weighted by atomic mass is 10.1. The van der Waals surface area contributed by atoms with Crippen molar-refractivity contribution in [3.05, 3.63) is 78.0 Å². The van der Waals surface area contributed by atoms with Gasteiger partial charge in [0.25, 0.3) is 5.91 Å².